The molecule has 0 saturated carbocycles. The maximum Gasteiger partial charge on any atom is 0.293 e. The summed E-state index contributed by atoms with van der Waals surface area (Å²) in [6, 6.07) is 2.21. The fourth-order valence-electron chi connectivity index (χ4n) is 2.50. The molecule has 0 aliphatic carbocycles. The van der Waals surface area contributed by atoms with Crippen molar-refractivity contribution < 1.29 is 27.6 Å². The fourth-order valence-corrected chi connectivity index (χ4v) is 3.73. The van der Waals surface area contributed by atoms with Crippen molar-refractivity contribution in [1.29, 1.82) is 0 Å². The number of rotatable bonds is 5. The van der Waals surface area contributed by atoms with Crippen LogP contribution >= 0.6 is 0 Å². The Morgan fingerprint density at radius 1 is 1.22 bits per heavy atom. The first-order chi connectivity index (χ1) is 11.0. The van der Waals surface area contributed by atoms with E-state index in [1.165, 1.54) is 0 Å². The van der Waals surface area contributed by atoms with Gasteiger partial charge in [-0.3, -0.25) is 10.1 Å². The third-order valence-electron chi connectivity index (χ3n) is 3.63. The van der Waals surface area contributed by atoms with Crippen molar-refractivity contribution in [2.45, 2.75) is 23.8 Å². The second kappa shape index (κ2) is 6.30. The summed E-state index contributed by atoms with van der Waals surface area (Å²) < 4.78 is 43.1. The van der Waals surface area contributed by atoms with Gasteiger partial charge in [0.05, 0.1) is 17.1 Å². The van der Waals surface area contributed by atoms with Crippen LogP contribution in [-0.2, 0) is 14.8 Å². The number of nitro groups is 1. The quantitative estimate of drug-likeness (QED) is 0.621. The van der Waals surface area contributed by atoms with Gasteiger partial charge in [0.2, 0.25) is 10.0 Å². The minimum absolute atomic E-state index is 0.0773. The zero-order valence-corrected chi connectivity index (χ0v) is 13.0. The average molecular weight is 344 g/mol. The van der Waals surface area contributed by atoms with Crippen molar-refractivity contribution in [2.75, 3.05) is 26.4 Å². The summed E-state index contributed by atoms with van der Waals surface area (Å²) in [5.74, 6) is 0.348. The first-order valence-electron chi connectivity index (χ1n) is 7.17. The molecule has 1 aromatic rings. The largest absolute Gasteiger partial charge is 0.486 e. The normalized spacial score (nSPS) is 20.4. The highest BCUT2D eigenvalue weighted by Crippen LogP contribution is 2.38. The summed E-state index contributed by atoms with van der Waals surface area (Å²) >= 11 is 0. The van der Waals surface area contributed by atoms with Crippen LogP contribution in [0.1, 0.15) is 12.8 Å². The summed E-state index contributed by atoms with van der Waals surface area (Å²) in [5, 5.41) is 11.2. The van der Waals surface area contributed by atoms with Gasteiger partial charge in [0, 0.05) is 19.2 Å². The van der Waals surface area contributed by atoms with Crippen molar-refractivity contribution in [3.05, 3.63) is 22.2 Å². The number of hydrogen-bond acceptors (Lipinski definition) is 7. The Bertz CT molecular complexity index is 713. The van der Waals surface area contributed by atoms with Crippen molar-refractivity contribution >= 4 is 15.7 Å². The molecule has 1 saturated heterocycles. The van der Waals surface area contributed by atoms with Crippen LogP contribution in [0.25, 0.3) is 0 Å². The Balaban J connectivity index is 1.91. The van der Waals surface area contributed by atoms with E-state index in [9.17, 15) is 18.5 Å². The second-order valence-corrected chi connectivity index (χ2v) is 6.94. The van der Waals surface area contributed by atoms with Gasteiger partial charge >= 0.3 is 0 Å². The lowest BCUT2D eigenvalue weighted by molar-refractivity contribution is -0.388. The van der Waals surface area contributed by atoms with Gasteiger partial charge in [-0.2, -0.15) is 0 Å². The summed E-state index contributed by atoms with van der Waals surface area (Å²) in [6.07, 6.45) is 1.42. The van der Waals surface area contributed by atoms with Crippen LogP contribution in [0.15, 0.2) is 17.0 Å². The summed E-state index contributed by atoms with van der Waals surface area (Å²) in [4.78, 5) is 10.0. The summed E-state index contributed by atoms with van der Waals surface area (Å²) in [7, 11) is -4.06. The molecule has 2 aliphatic heterocycles. The van der Waals surface area contributed by atoms with Gasteiger partial charge in [0.15, 0.2) is 16.4 Å². The van der Waals surface area contributed by atoms with Crippen LogP contribution in [0.4, 0.5) is 5.69 Å². The van der Waals surface area contributed by atoms with Crippen LogP contribution in [0.3, 0.4) is 0 Å². The Hall–Kier alpha value is -1.91. The predicted octanol–water partition coefficient (Wildman–Crippen LogP) is 0.823. The van der Waals surface area contributed by atoms with Crippen LogP contribution in [0.5, 0.6) is 11.5 Å². The van der Waals surface area contributed by atoms with Gasteiger partial charge in [0.1, 0.15) is 13.2 Å². The molecule has 9 nitrogen and oxygen atoms in total. The van der Waals surface area contributed by atoms with Crippen molar-refractivity contribution in [3.8, 4) is 11.5 Å². The summed E-state index contributed by atoms with van der Waals surface area (Å²) in [6.45, 7) is 1.19. The molecule has 10 heteroatoms. The predicted molar refractivity (Wildman–Crippen MR) is 78.2 cm³/mol. The number of ether oxygens (including phenoxy) is 3. The van der Waals surface area contributed by atoms with Crippen molar-refractivity contribution in [3.63, 3.8) is 0 Å². The van der Waals surface area contributed by atoms with Gasteiger partial charge < -0.3 is 14.2 Å². The number of sulfonamides is 1. The van der Waals surface area contributed by atoms with Crippen LogP contribution in [0, 0.1) is 10.1 Å². The molecule has 2 aliphatic rings. The molecule has 2 heterocycles. The monoisotopic (exact) mass is 344 g/mol. The van der Waals surface area contributed by atoms with Gasteiger partial charge in [0.25, 0.3) is 5.69 Å². The Morgan fingerprint density at radius 2 is 1.91 bits per heavy atom. The smallest absolute Gasteiger partial charge is 0.293 e. The number of nitrogens with one attached hydrogen (secondary N) is 1. The van der Waals surface area contributed by atoms with Gasteiger partial charge in [-0.25, -0.2) is 13.1 Å². The zero-order valence-electron chi connectivity index (χ0n) is 12.2. The van der Waals surface area contributed by atoms with E-state index in [-0.39, 0.29) is 37.4 Å². The molecule has 0 amide bonds. The molecular weight excluding hydrogens is 328 g/mol. The average Bonchev–Trinajstić information content (AvgIpc) is 3.05. The molecule has 0 aromatic heterocycles. The zero-order chi connectivity index (χ0) is 16.4. The van der Waals surface area contributed by atoms with Crippen LogP contribution in [-0.4, -0.2) is 45.8 Å². The number of benzene rings is 1. The van der Waals surface area contributed by atoms with Gasteiger partial charge in [-0.15, -0.1) is 0 Å². The third kappa shape index (κ3) is 3.38. The number of hydrogen-bond donors (Lipinski definition) is 1. The number of nitro benzene ring substituents is 1. The molecule has 23 heavy (non-hydrogen) atoms. The Morgan fingerprint density at radius 3 is 2.52 bits per heavy atom. The minimum atomic E-state index is -4.06. The maximum absolute atomic E-state index is 12.4. The first kappa shape index (κ1) is 16.0. The molecule has 3 rings (SSSR count). The number of nitrogens with zero attached hydrogens (tertiary/aromatic N) is 1. The second-order valence-electron chi connectivity index (χ2n) is 5.21. The van der Waals surface area contributed by atoms with E-state index in [1.807, 2.05) is 0 Å². The van der Waals surface area contributed by atoms with Gasteiger partial charge in [-0.1, -0.05) is 0 Å². The van der Waals surface area contributed by atoms with E-state index in [1.54, 1.807) is 0 Å². The Kier molecular flexibility index (Phi) is 4.37. The Labute approximate surface area is 132 Å². The van der Waals surface area contributed by atoms with Crippen molar-refractivity contribution in [1.82, 2.24) is 4.72 Å². The lowest BCUT2D eigenvalue weighted by Gasteiger charge is -2.19. The molecule has 0 unspecified atom stereocenters. The van der Waals surface area contributed by atoms with Gasteiger partial charge in [-0.05, 0) is 12.8 Å². The highest BCUT2D eigenvalue weighted by atomic mass is 32.2. The third-order valence-corrected chi connectivity index (χ3v) is 5.09. The molecule has 0 spiro atoms. The molecule has 1 aromatic carbocycles. The van der Waals surface area contributed by atoms with E-state index < -0.39 is 25.5 Å². The topological polar surface area (TPSA) is 117 Å². The standard InChI is InChI=1S/C13H16N2O7S/c16-15(17)10-6-11-12(22-5-4-21-11)7-13(10)23(18,19)14-8-9-2-1-3-20-9/h6-7,9,14H,1-5,8H2/t9-/m0/s1. The van der Waals surface area contributed by atoms with E-state index in [0.29, 0.717) is 6.61 Å². The lowest BCUT2D eigenvalue weighted by atomic mass is 10.2. The molecule has 0 radical (unpaired) electrons. The highest BCUT2D eigenvalue weighted by Gasteiger charge is 2.31. The first-order valence-corrected chi connectivity index (χ1v) is 8.65. The maximum atomic E-state index is 12.4. The minimum Gasteiger partial charge on any atom is -0.486 e. The van der Waals surface area contributed by atoms with Crippen LogP contribution in [0.2, 0.25) is 0 Å². The van der Waals surface area contributed by atoms with E-state index in [0.717, 1.165) is 25.0 Å². The van der Waals surface area contributed by atoms with Crippen LogP contribution < -0.4 is 14.2 Å². The molecular formula is C13H16N2O7S. The SMILES string of the molecule is O=[N+]([O-])c1cc2c(cc1S(=O)(=O)NC[C@@H]1CCCO1)OCCO2. The summed E-state index contributed by atoms with van der Waals surface area (Å²) in [5.41, 5.74) is -0.547. The lowest BCUT2D eigenvalue weighted by Crippen LogP contribution is -2.32. The van der Waals surface area contributed by atoms with E-state index in [4.69, 9.17) is 14.2 Å². The fraction of sp³-hybridized carbons (Fsp3) is 0.538. The molecule has 1 N–H and O–H groups in total. The van der Waals surface area contributed by atoms with Crippen molar-refractivity contribution in [2.24, 2.45) is 0 Å². The van der Waals surface area contributed by atoms with E-state index >= 15 is 0 Å². The number of fused-ring (bicyclic) bond motifs is 1. The molecule has 1 fully saturated rings. The molecule has 1 atom stereocenters. The molecule has 0 bridgehead atoms. The highest BCUT2D eigenvalue weighted by molar-refractivity contribution is 7.89. The van der Waals surface area contributed by atoms with E-state index in [2.05, 4.69) is 4.72 Å². The molecule has 126 valence electrons.